The topological polar surface area (TPSA) is 67.4 Å². The van der Waals surface area contributed by atoms with Crippen molar-refractivity contribution >= 4 is 5.96 Å². The SMILES string of the molecule is CN=C(NCc1ccc(C)cc1OC)NCC(c1ccc(OC)cc1)N1CCOCC1. The summed E-state index contributed by atoms with van der Waals surface area (Å²) in [5.41, 5.74) is 3.51. The van der Waals surface area contributed by atoms with Crippen LogP contribution in [-0.4, -0.2) is 65.0 Å². The maximum Gasteiger partial charge on any atom is 0.191 e. The molecule has 168 valence electrons. The lowest BCUT2D eigenvalue weighted by Gasteiger charge is -2.35. The molecule has 1 aliphatic rings. The third kappa shape index (κ3) is 6.35. The van der Waals surface area contributed by atoms with Gasteiger partial charge in [-0.1, -0.05) is 24.3 Å². The van der Waals surface area contributed by atoms with Crippen LogP contribution < -0.4 is 20.1 Å². The lowest BCUT2D eigenvalue weighted by molar-refractivity contribution is 0.0170. The average molecular weight is 427 g/mol. The van der Waals surface area contributed by atoms with Gasteiger partial charge in [-0.25, -0.2) is 0 Å². The summed E-state index contributed by atoms with van der Waals surface area (Å²) in [6, 6.07) is 14.7. The number of benzene rings is 2. The fourth-order valence-electron chi connectivity index (χ4n) is 3.76. The molecule has 0 aromatic heterocycles. The maximum absolute atomic E-state index is 5.56. The zero-order valence-electron chi connectivity index (χ0n) is 19.0. The molecule has 3 rings (SSSR count). The van der Waals surface area contributed by atoms with Crippen LogP contribution >= 0.6 is 0 Å². The van der Waals surface area contributed by atoms with Crippen LogP contribution in [0.5, 0.6) is 11.5 Å². The van der Waals surface area contributed by atoms with Crippen molar-refractivity contribution in [3.63, 3.8) is 0 Å². The molecule has 0 saturated carbocycles. The van der Waals surface area contributed by atoms with Crippen molar-refractivity contribution in [2.45, 2.75) is 19.5 Å². The molecule has 1 heterocycles. The summed E-state index contributed by atoms with van der Waals surface area (Å²) in [6.07, 6.45) is 0. The minimum absolute atomic E-state index is 0.210. The Morgan fingerprint density at radius 2 is 1.81 bits per heavy atom. The normalized spacial score (nSPS) is 15.9. The molecular formula is C24H34N4O3. The molecule has 2 aromatic carbocycles. The number of guanidine groups is 1. The van der Waals surface area contributed by atoms with E-state index >= 15 is 0 Å². The molecule has 0 aliphatic carbocycles. The van der Waals surface area contributed by atoms with Gasteiger partial charge in [0.1, 0.15) is 11.5 Å². The average Bonchev–Trinajstić information content (AvgIpc) is 2.82. The van der Waals surface area contributed by atoms with Gasteiger partial charge in [0.25, 0.3) is 0 Å². The number of hydrogen-bond donors (Lipinski definition) is 2. The number of aliphatic imine (C=N–C) groups is 1. The fourth-order valence-corrected chi connectivity index (χ4v) is 3.76. The van der Waals surface area contributed by atoms with E-state index in [1.165, 1.54) is 11.1 Å². The quantitative estimate of drug-likeness (QED) is 0.500. The highest BCUT2D eigenvalue weighted by Gasteiger charge is 2.23. The van der Waals surface area contributed by atoms with Gasteiger partial charge >= 0.3 is 0 Å². The Balaban J connectivity index is 1.65. The van der Waals surface area contributed by atoms with E-state index in [0.29, 0.717) is 6.54 Å². The van der Waals surface area contributed by atoms with Crippen molar-refractivity contribution in [1.82, 2.24) is 15.5 Å². The van der Waals surface area contributed by atoms with Crippen LogP contribution in [0.2, 0.25) is 0 Å². The summed E-state index contributed by atoms with van der Waals surface area (Å²) in [5.74, 6) is 2.50. The molecule has 0 radical (unpaired) electrons. The Bertz CT molecular complexity index is 848. The highest BCUT2D eigenvalue weighted by Crippen LogP contribution is 2.24. The van der Waals surface area contributed by atoms with Crippen molar-refractivity contribution in [1.29, 1.82) is 0 Å². The van der Waals surface area contributed by atoms with Crippen LogP contribution in [-0.2, 0) is 11.3 Å². The van der Waals surface area contributed by atoms with E-state index in [-0.39, 0.29) is 6.04 Å². The van der Waals surface area contributed by atoms with E-state index < -0.39 is 0 Å². The van der Waals surface area contributed by atoms with Crippen LogP contribution in [0.4, 0.5) is 0 Å². The molecule has 0 spiro atoms. The third-order valence-electron chi connectivity index (χ3n) is 5.56. The number of rotatable bonds is 8. The monoisotopic (exact) mass is 426 g/mol. The van der Waals surface area contributed by atoms with Gasteiger partial charge in [-0.2, -0.15) is 0 Å². The lowest BCUT2D eigenvalue weighted by atomic mass is 10.0. The standard InChI is InChI=1S/C24H34N4O3/c1-18-5-6-20(23(15-18)30-4)16-26-24(25-2)27-17-22(28-11-13-31-14-12-28)19-7-9-21(29-3)10-8-19/h5-10,15,22H,11-14,16-17H2,1-4H3,(H2,25,26,27). The number of nitrogens with one attached hydrogen (secondary N) is 2. The summed E-state index contributed by atoms with van der Waals surface area (Å²) < 4.78 is 16.4. The number of ether oxygens (including phenoxy) is 3. The first-order chi connectivity index (χ1) is 15.1. The van der Waals surface area contributed by atoms with Gasteiger partial charge in [0.05, 0.1) is 33.5 Å². The van der Waals surface area contributed by atoms with Crippen LogP contribution in [0.25, 0.3) is 0 Å². The van der Waals surface area contributed by atoms with E-state index in [2.05, 4.69) is 51.7 Å². The third-order valence-corrected chi connectivity index (χ3v) is 5.56. The van der Waals surface area contributed by atoms with Crippen LogP contribution in [0.15, 0.2) is 47.5 Å². The molecule has 1 atom stereocenters. The number of morpholine rings is 1. The van der Waals surface area contributed by atoms with E-state index in [1.807, 2.05) is 18.2 Å². The van der Waals surface area contributed by atoms with E-state index in [9.17, 15) is 0 Å². The van der Waals surface area contributed by atoms with Crippen LogP contribution in [0.1, 0.15) is 22.7 Å². The van der Waals surface area contributed by atoms with Gasteiger partial charge < -0.3 is 24.8 Å². The molecule has 0 amide bonds. The molecule has 7 heteroatoms. The molecule has 1 aliphatic heterocycles. The fraction of sp³-hybridized carbons (Fsp3) is 0.458. The smallest absolute Gasteiger partial charge is 0.191 e. The summed E-state index contributed by atoms with van der Waals surface area (Å²) >= 11 is 0. The lowest BCUT2D eigenvalue weighted by Crippen LogP contribution is -2.46. The molecular weight excluding hydrogens is 392 g/mol. The zero-order valence-corrected chi connectivity index (χ0v) is 19.0. The summed E-state index contributed by atoms with van der Waals surface area (Å²) in [4.78, 5) is 6.86. The molecule has 0 bridgehead atoms. The maximum atomic E-state index is 5.56. The first-order valence-corrected chi connectivity index (χ1v) is 10.7. The second-order valence-corrected chi connectivity index (χ2v) is 7.56. The van der Waals surface area contributed by atoms with Gasteiger partial charge in [-0.15, -0.1) is 0 Å². The Morgan fingerprint density at radius 3 is 2.45 bits per heavy atom. The molecule has 2 aromatic rings. The molecule has 2 N–H and O–H groups in total. The first kappa shape index (κ1) is 22.9. The van der Waals surface area contributed by atoms with Gasteiger partial charge in [0.2, 0.25) is 0 Å². The van der Waals surface area contributed by atoms with Crippen molar-refractivity contribution in [2.75, 3.05) is 54.1 Å². The number of aryl methyl sites for hydroxylation is 1. The predicted molar refractivity (Wildman–Crippen MR) is 124 cm³/mol. The first-order valence-electron chi connectivity index (χ1n) is 10.7. The van der Waals surface area contributed by atoms with Crippen molar-refractivity contribution in [3.8, 4) is 11.5 Å². The largest absolute Gasteiger partial charge is 0.497 e. The predicted octanol–water partition coefficient (Wildman–Crippen LogP) is 2.75. The highest BCUT2D eigenvalue weighted by atomic mass is 16.5. The number of hydrogen-bond acceptors (Lipinski definition) is 5. The minimum Gasteiger partial charge on any atom is -0.497 e. The van der Waals surface area contributed by atoms with Crippen molar-refractivity contribution in [2.24, 2.45) is 4.99 Å². The van der Waals surface area contributed by atoms with Gasteiger partial charge in [-0.3, -0.25) is 9.89 Å². The van der Waals surface area contributed by atoms with E-state index in [1.54, 1.807) is 21.3 Å². The molecule has 31 heavy (non-hydrogen) atoms. The van der Waals surface area contributed by atoms with Crippen molar-refractivity contribution in [3.05, 3.63) is 59.2 Å². The molecule has 1 fully saturated rings. The van der Waals surface area contributed by atoms with Gasteiger partial charge in [0.15, 0.2) is 5.96 Å². The second-order valence-electron chi connectivity index (χ2n) is 7.56. The number of methoxy groups -OCH3 is 2. The van der Waals surface area contributed by atoms with E-state index in [0.717, 1.165) is 55.9 Å². The Labute approximate surface area is 185 Å². The van der Waals surface area contributed by atoms with Gasteiger partial charge in [-0.05, 0) is 36.2 Å². The Hall–Kier alpha value is -2.77. The minimum atomic E-state index is 0.210. The summed E-state index contributed by atoms with van der Waals surface area (Å²) in [5, 5.41) is 6.90. The molecule has 1 saturated heterocycles. The molecule has 1 unspecified atom stereocenters. The molecule has 7 nitrogen and oxygen atoms in total. The van der Waals surface area contributed by atoms with Crippen LogP contribution in [0.3, 0.4) is 0 Å². The zero-order chi connectivity index (χ0) is 22.1. The van der Waals surface area contributed by atoms with Crippen molar-refractivity contribution < 1.29 is 14.2 Å². The Kier molecular flexibility index (Phi) is 8.55. The second kappa shape index (κ2) is 11.6. The Morgan fingerprint density at radius 1 is 1.06 bits per heavy atom. The van der Waals surface area contributed by atoms with Crippen LogP contribution in [0, 0.1) is 6.92 Å². The summed E-state index contributed by atoms with van der Waals surface area (Å²) in [7, 11) is 5.18. The van der Waals surface area contributed by atoms with Gasteiger partial charge in [0, 0.05) is 38.8 Å². The number of nitrogens with zero attached hydrogens (tertiary/aromatic N) is 2. The summed E-state index contributed by atoms with van der Waals surface area (Å²) in [6.45, 7) is 6.76. The highest BCUT2D eigenvalue weighted by molar-refractivity contribution is 5.79. The van der Waals surface area contributed by atoms with E-state index in [4.69, 9.17) is 14.2 Å².